The molecule has 22 N–H and O–H groups in total. The lowest BCUT2D eigenvalue weighted by molar-refractivity contribution is -0.140. The molecule has 0 radical (unpaired) electrons. The van der Waals surface area contributed by atoms with Gasteiger partial charge in [-0.3, -0.25) is 62.7 Å². The number of carboxylic acid groups (broad SMARTS) is 3. The number of benzene rings is 1. The van der Waals surface area contributed by atoms with Crippen LogP contribution in [-0.2, 0) is 59.2 Å². The number of aliphatic imine (C=N–C) groups is 2. The summed E-state index contributed by atoms with van der Waals surface area (Å²) >= 11 is 0. The lowest BCUT2D eigenvalue weighted by atomic mass is 10.0. The molecule has 30 heteroatoms. The minimum absolute atomic E-state index is 0.0182. The Morgan fingerprint density at radius 1 is 0.507 bits per heavy atom. The Kier molecular flexibility index (Phi) is 26.5. The quantitative estimate of drug-likeness (QED) is 0.0181. The van der Waals surface area contributed by atoms with Gasteiger partial charge >= 0.3 is 17.9 Å². The molecule has 394 valence electrons. The summed E-state index contributed by atoms with van der Waals surface area (Å²) in [4.78, 5) is 148. The lowest BCUT2D eigenvalue weighted by Crippen LogP contribution is -2.59. The van der Waals surface area contributed by atoms with Crippen LogP contribution < -0.4 is 71.2 Å². The number of carbonyl (C=O) groups excluding carboxylic acids is 8. The van der Waals surface area contributed by atoms with Gasteiger partial charge in [-0.05, 0) is 70.6 Å². The van der Waals surface area contributed by atoms with E-state index in [1.54, 1.807) is 0 Å². The zero-order chi connectivity index (χ0) is 54.0. The molecule has 0 aliphatic heterocycles. The normalized spacial score (nSPS) is 14.0. The fourth-order valence-electron chi connectivity index (χ4n) is 6.03. The first-order chi connectivity index (χ1) is 33.2. The molecule has 1 rings (SSSR count). The Balaban J connectivity index is 3.29. The van der Waals surface area contributed by atoms with Gasteiger partial charge in [0.1, 0.15) is 54.6 Å². The standard InChI is InChI=1S/C41H65N15O15/c1-19(32(64)50-20(2)33(65)53-26(7-5-15-48-41(45)46)37(69)55-25(6-4-14-47-40(43)44)36(68)49-18-31(62)63)52-39(71)28(16-22-8-10-23(57)11-9-22)56-38(70)27(12-13-29(58)59)54-34(66)21(3)51-35(67)24(42)17-30(60)61/h8-11,19-21,24-28,57H,4-7,12-18,42H2,1-3H3,(H,49,68)(H,50,64)(H,51,67)(H,52,71)(H,53,65)(H,54,66)(H,55,69)(H,56,70)(H,58,59)(H,60,61)(H,62,63)(H4,43,44,47)(H4,45,46,48)/t19-,20-,21-,24-,25-,26-,27-,28-/m0/s1. The molecule has 0 aliphatic rings. The number of hydrogen-bond donors (Lipinski definition) is 17. The number of rotatable bonds is 32. The van der Waals surface area contributed by atoms with E-state index >= 15 is 0 Å². The number of nitrogens with zero attached hydrogens (tertiary/aromatic N) is 2. The minimum atomic E-state index is -1.63. The Morgan fingerprint density at radius 3 is 1.35 bits per heavy atom. The first kappa shape index (κ1) is 60.7. The molecule has 0 saturated heterocycles. The number of guanidine groups is 2. The van der Waals surface area contributed by atoms with Crippen molar-refractivity contribution in [2.75, 3.05) is 19.6 Å². The van der Waals surface area contributed by atoms with Crippen molar-refractivity contribution in [3.63, 3.8) is 0 Å². The van der Waals surface area contributed by atoms with Crippen LogP contribution in [0.5, 0.6) is 5.75 Å². The van der Waals surface area contributed by atoms with E-state index in [0.717, 1.165) is 0 Å². The molecule has 0 aromatic heterocycles. The van der Waals surface area contributed by atoms with Gasteiger partial charge in [0, 0.05) is 25.9 Å². The maximum Gasteiger partial charge on any atom is 0.322 e. The van der Waals surface area contributed by atoms with Crippen molar-refractivity contribution in [1.29, 1.82) is 0 Å². The number of carboxylic acids is 3. The van der Waals surface area contributed by atoms with Crippen LogP contribution in [0.1, 0.15) is 71.3 Å². The SMILES string of the molecule is C[C@H](NC(=O)[C@H](C)NC(=O)[C@H](Cc1ccc(O)cc1)NC(=O)[C@H](CCC(=O)O)NC(=O)[C@H](C)NC(=O)[C@@H](N)CC(=O)O)C(=O)N[C@@H](CCCN=C(N)N)C(=O)N[C@@H](CCCN=C(N)N)C(=O)NCC(=O)O. The molecule has 0 heterocycles. The van der Waals surface area contributed by atoms with Crippen molar-refractivity contribution in [1.82, 2.24) is 42.5 Å². The van der Waals surface area contributed by atoms with Crippen LogP contribution in [0, 0.1) is 0 Å². The second kappa shape index (κ2) is 30.9. The van der Waals surface area contributed by atoms with Crippen LogP contribution in [-0.4, -0.2) is 165 Å². The van der Waals surface area contributed by atoms with Crippen LogP contribution in [0.25, 0.3) is 0 Å². The molecule has 0 unspecified atom stereocenters. The first-order valence-electron chi connectivity index (χ1n) is 21.9. The van der Waals surface area contributed by atoms with Gasteiger partial charge < -0.3 is 91.6 Å². The lowest BCUT2D eigenvalue weighted by Gasteiger charge is -2.26. The molecule has 71 heavy (non-hydrogen) atoms. The van der Waals surface area contributed by atoms with Gasteiger partial charge in [0.15, 0.2) is 11.9 Å². The first-order valence-corrected chi connectivity index (χ1v) is 21.9. The maximum absolute atomic E-state index is 13.8. The molecule has 0 fully saturated rings. The summed E-state index contributed by atoms with van der Waals surface area (Å²) in [5.74, 6) is -12.4. The predicted molar refractivity (Wildman–Crippen MR) is 250 cm³/mol. The molecule has 1 aromatic rings. The average Bonchev–Trinajstić information content (AvgIpc) is 3.28. The Morgan fingerprint density at radius 2 is 0.901 bits per heavy atom. The number of aliphatic carboxylic acids is 3. The third-order valence-corrected chi connectivity index (χ3v) is 9.85. The van der Waals surface area contributed by atoms with Gasteiger partial charge in [0.05, 0.1) is 12.5 Å². The number of phenols is 1. The molecule has 30 nitrogen and oxygen atoms in total. The molecule has 0 bridgehead atoms. The Labute approximate surface area is 406 Å². The van der Waals surface area contributed by atoms with Crippen molar-refractivity contribution in [2.45, 2.75) is 120 Å². The van der Waals surface area contributed by atoms with Crippen molar-refractivity contribution >= 4 is 77.1 Å². The van der Waals surface area contributed by atoms with E-state index in [2.05, 4.69) is 52.5 Å². The summed E-state index contributed by atoms with van der Waals surface area (Å²) in [7, 11) is 0. The maximum atomic E-state index is 13.8. The Hall–Kier alpha value is -8.31. The van der Waals surface area contributed by atoms with Crippen molar-refractivity contribution < 1.29 is 73.2 Å². The number of aromatic hydroxyl groups is 1. The average molecular weight is 1010 g/mol. The molecule has 8 atom stereocenters. The van der Waals surface area contributed by atoms with Crippen molar-refractivity contribution in [2.24, 2.45) is 38.7 Å². The number of amides is 8. The number of hydrogen-bond acceptors (Lipinski definition) is 15. The summed E-state index contributed by atoms with van der Waals surface area (Å²) in [5, 5.41) is 56.0. The molecule has 8 amide bonds. The summed E-state index contributed by atoms with van der Waals surface area (Å²) in [6.45, 7) is 2.97. The fraction of sp³-hybridized carbons (Fsp3) is 0.537. The third-order valence-electron chi connectivity index (χ3n) is 9.85. The highest BCUT2D eigenvalue weighted by Gasteiger charge is 2.33. The van der Waals surface area contributed by atoms with E-state index in [0.29, 0.717) is 5.56 Å². The number of nitrogens with two attached hydrogens (primary N) is 5. The van der Waals surface area contributed by atoms with Gasteiger partial charge in [-0.1, -0.05) is 12.1 Å². The number of nitrogens with one attached hydrogen (secondary N) is 8. The van der Waals surface area contributed by atoms with Crippen molar-refractivity contribution in [3.05, 3.63) is 29.8 Å². The highest BCUT2D eigenvalue weighted by Crippen LogP contribution is 2.13. The van der Waals surface area contributed by atoms with Crippen LogP contribution >= 0.6 is 0 Å². The molecular weight excluding hydrogens is 943 g/mol. The van der Waals surface area contributed by atoms with Crippen molar-refractivity contribution in [3.8, 4) is 5.75 Å². The van der Waals surface area contributed by atoms with E-state index in [-0.39, 0.29) is 62.9 Å². The number of carbonyl (C=O) groups is 11. The Bertz CT molecular complexity index is 2110. The van der Waals surface area contributed by atoms with E-state index in [1.807, 2.05) is 0 Å². The molecule has 1 aromatic carbocycles. The number of phenolic OH excluding ortho intramolecular Hbond substituents is 1. The van der Waals surface area contributed by atoms with Gasteiger partial charge in [0.25, 0.3) is 0 Å². The largest absolute Gasteiger partial charge is 0.508 e. The van der Waals surface area contributed by atoms with E-state index in [9.17, 15) is 63.0 Å². The van der Waals surface area contributed by atoms with Crippen LogP contribution in [0.3, 0.4) is 0 Å². The smallest absolute Gasteiger partial charge is 0.322 e. The fourth-order valence-corrected chi connectivity index (χ4v) is 6.03. The molecule has 0 aliphatic carbocycles. The van der Waals surface area contributed by atoms with Crippen LogP contribution in [0.4, 0.5) is 0 Å². The second-order valence-electron chi connectivity index (χ2n) is 16.0. The van der Waals surface area contributed by atoms with Gasteiger partial charge in [0.2, 0.25) is 47.3 Å². The van der Waals surface area contributed by atoms with E-state index in [4.69, 9.17) is 38.9 Å². The zero-order valence-electron chi connectivity index (χ0n) is 39.3. The summed E-state index contributed by atoms with van der Waals surface area (Å²) in [6.07, 6.45) is -2.10. The summed E-state index contributed by atoms with van der Waals surface area (Å²) < 4.78 is 0. The highest BCUT2D eigenvalue weighted by molar-refractivity contribution is 5.98. The molecular formula is C41H65N15O15. The minimum Gasteiger partial charge on any atom is -0.508 e. The van der Waals surface area contributed by atoms with Gasteiger partial charge in [-0.15, -0.1) is 0 Å². The van der Waals surface area contributed by atoms with Crippen LogP contribution in [0.15, 0.2) is 34.3 Å². The molecule has 0 saturated carbocycles. The van der Waals surface area contributed by atoms with Crippen LogP contribution in [0.2, 0.25) is 0 Å². The highest BCUT2D eigenvalue weighted by atomic mass is 16.4. The predicted octanol–water partition coefficient (Wildman–Crippen LogP) is -6.64. The monoisotopic (exact) mass is 1010 g/mol. The summed E-state index contributed by atoms with van der Waals surface area (Å²) in [5.41, 5.74) is 27.4. The summed E-state index contributed by atoms with van der Waals surface area (Å²) in [6, 6.07) is -6.22. The zero-order valence-corrected chi connectivity index (χ0v) is 39.3. The second-order valence-corrected chi connectivity index (χ2v) is 16.0. The van der Waals surface area contributed by atoms with E-state index in [1.165, 1.54) is 45.0 Å². The third kappa shape index (κ3) is 25.0. The van der Waals surface area contributed by atoms with Gasteiger partial charge in [-0.25, -0.2) is 0 Å². The van der Waals surface area contributed by atoms with E-state index < -0.39 is 139 Å². The van der Waals surface area contributed by atoms with Gasteiger partial charge in [-0.2, -0.15) is 0 Å². The topological polar surface area (TPSA) is 520 Å². The molecule has 0 spiro atoms.